The predicted octanol–water partition coefficient (Wildman–Crippen LogP) is 1.93. The van der Waals surface area contributed by atoms with Gasteiger partial charge in [-0.15, -0.1) is 0 Å². The zero-order valence-corrected chi connectivity index (χ0v) is 10.5. The molecule has 0 saturated carbocycles. The molecule has 0 aromatic carbocycles. The number of carbonyl (C=O) groups excluding carboxylic acids is 1. The molecule has 0 radical (unpaired) electrons. The van der Waals surface area contributed by atoms with Crippen LogP contribution in [0.25, 0.3) is 0 Å². The summed E-state index contributed by atoms with van der Waals surface area (Å²) in [6, 6.07) is 3.71. The molecule has 4 nitrogen and oxygen atoms in total. The van der Waals surface area contributed by atoms with E-state index in [1.807, 2.05) is 24.8 Å². The van der Waals surface area contributed by atoms with Gasteiger partial charge in [0.2, 0.25) is 0 Å². The van der Waals surface area contributed by atoms with Gasteiger partial charge in [0.15, 0.2) is 5.76 Å². The van der Waals surface area contributed by atoms with Crippen molar-refractivity contribution < 1.29 is 9.21 Å². The van der Waals surface area contributed by atoms with Crippen molar-refractivity contribution in [2.24, 2.45) is 5.73 Å². The molecule has 0 aliphatic carbocycles. The number of likely N-dealkylation sites (tertiary alicyclic amines) is 1. The molecule has 1 aromatic rings. The largest absolute Gasteiger partial charge is 0.456 e. The molecule has 2 atom stereocenters. The molecule has 1 amide bonds. The van der Waals surface area contributed by atoms with E-state index in [-0.39, 0.29) is 18.0 Å². The lowest BCUT2D eigenvalue weighted by atomic mass is 9.96. The zero-order valence-electron chi connectivity index (χ0n) is 10.5. The van der Waals surface area contributed by atoms with E-state index < -0.39 is 0 Å². The van der Waals surface area contributed by atoms with E-state index in [4.69, 9.17) is 10.2 Å². The zero-order chi connectivity index (χ0) is 12.4. The van der Waals surface area contributed by atoms with E-state index in [0.717, 1.165) is 31.6 Å². The molecule has 0 spiro atoms. The summed E-state index contributed by atoms with van der Waals surface area (Å²) >= 11 is 0. The number of piperidine rings is 1. The average molecular weight is 236 g/mol. The second kappa shape index (κ2) is 4.92. The number of hydrogen-bond acceptors (Lipinski definition) is 3. The molecule has 4 heteroatoms. The van der Waals surface area contributed by atoms with E-state index in [1.54, 1.807) is 6.07 Å². The van der Waals surface area contributed by atoms with Crippen LogP contribution in [0.2, 0.25) is 0 Å². The number of nitrogens with zero attached hydrogens (tertiary/aromatic N) is 1. The first kappa shape index (κ1) is 12.2. The van der Waals surface area contributed by atoms with Crippen LogP contribution in [-0.2, 0) is 0 Å². The van der Waals surface area contributed by atoms with Crippen molar-refractivity contribution in [2.75, 3.05) is 6.54 Å². The van der Waals surface area contributed by atoms with Crippen molar-refractivity contribution in [2.45, 2.75) is 45.2 Å². The molecule has 2 N–H and O–H groups in total. The molecule has 1 aliphatic rings. The fraction of sp³-hybridized carbons (Fsp3) is 0.615. The summed E-state index contributed by atoms with van der Waals surface area (Å²) < 4.78 is 5.39. The molecule has 1 fully saturated rings. The topological polar surface area (TPSA) is 59.5 Å². The van der Waals surface area contributed by atoms with Gasteiger partial charge in [0.05, 0.1) is 0 Å². The van der Waals surface area contributed by atoms with E-state index in [2.05, 4.69) is 0 Å². The minimum absolute atomic E-state index is 0.00955. The van der Waals surface area contributed by atoms with Crippen LogP contribution in [-0.4, -0.2) is 29.4 Å². The molecule has 2 heterocycles. The smallest absolute Gasteiger partial charge is 0.289 e. The number of nitrogens with two attached hydrogens (primary N) is 1. The fourth-order valence-electron chi connectivity index (χ4n) is 2.45. The highest BCUT2D eigenvalue weighted by atomic mass is 16.3. The normalized spacial score (nSPS) is 22.5. The van der Waals surface area contributed by atoms with Gasteiger partial charge in [0.1, 0.15) is 5.76 Å². The number of aryl methyl sites for hydroxylation is 1. The van der Waals surface area contributed by atoms with Crippen LogP contribution in [0.3, 0.4) is 0 Å². The van der Waals surface area contributed by atoms with Crippen molar-refractivity contribution in [1.82, 2.24) is 4.90 Å². The Bertz CT molecular complexity index is 398. The van der Waals surface area contributed by atoms with Gasteiger partial charge in [-0.25, -0.2) is 0 Å². The first-order valence-corrected chi connectivity index (χ1v) is 6.22. The van der Waals surface area contributed by atoms with Crippen molar-refractivity contribution >= 4 is 5.91 Å². The van der Waals surface area contributed by atoms with Gasteiger partial charge in [-0.3, -0.25) is 4.79 Å². The summed E-state index contributed by atoms with van der Waals surface area (Å²) in [7, 11) is 0. The molecule has 1 aromatic heterocycles. The molecule has 1 saturated heterocycles. The summed E-state index contributed by atoms with van der Waals surface area (Å²) in [6.07, 6.45) is 3.19. The van der Waals surface area contributed by atoms with E-state index in [0.29, 0.717) is 5.76 Å². The quantitative estimate of drug-likeness (QED) is 0.853. The first-order valence-electron chi connectivity index (χ1n) is 6.22. The third-order valence-corrected chi connectivity index (χ3v) is 3.37. The Kier molecular flexibility index (Phi) is 3.52. The number of furan rings is 1. The first-order chi connectivity index (χ1) is 8.09. The standard InChI is InChI=1S/C13H20N2O2/c1-9-6-7-12(17-9)13(16)15-8-4-3-5-11(15)10(2)14/h6-7,10-11H,3-5,8,14H2,1-2H3/t10-,11+/m0/s1. The third kappa shape index (κ3) is 2.52. The van der Waals surface area contributed by atoms with Crippen molar-refractivity contribution in [3.05, 3.63) is 23.7 Å². The van der Waals surface area contributed by atoms with E-state index >= 15 is 0 Å². The van der Waals surface area contributed by atoms with E-state index in [1.165, 1.54) is 0 Å². The molecular weight excluding hydrogens is 216 g/mol. The number of amides is 1. The Morgan fingerprint density at radius 2 is 2.29 bits per heavy atom. The SMILES string of the molecule is Cc1ccc(C(=O)N2CCCC[C@@H]2[C@H](C)N)o1. The Morgan fingerprint density at radius 3 is 2.88 bits per heavy atom. The van der Waals surface area contributed by atoms with Gasteiger partial charge < -0.3 is 15.1 Å². The lowest BCUT2D eigenvalue weighted by Gasteiger charge is -2.37. The van der Waals surface area contributed by atoms with Gasteiger partial charge in [-0.2, -0.15) is 0 Å². The lowest BCUT2D eigenvalue weighted by Crippen LogP contribution is -2.51. The molecule has 1 aliphatic heterocycles. The molecule has 94 valence electrons. The van der Waals surface area contributed by atoms with Crippen molar-refractivity contribution in [1.29, 1.82) is 0 Å². The fourth-order valence-corrected chi connectivity index (χ4v) is 2.45. The van der Waals surface area contributed by atoms with Crippen LogP contribution in [0.4, 0.5) is 0 Å². The Morgan fingerprint density at radius 1 is 1.53 bits per heavy atom. The van der Waals surface area contributed by atoms with Crippen molar-refractivity contribution in [3.63, 3.8) is 0 Å². The minimum atomic E-state index is -0.0277. The maximum absolute atomic E-state index is 12.3. The maximum Gasteiger partial charge on any atom is 0.289 e. The minimum Gasteiger partial charge on any atom is -0.456 e. The van der Waals surface area contributed by atoms with Crippen LogP contribution in [0.15, 0.2) is 16.5 Å². The van der Waals surface area contributed by atoms with Gasteiger partial charge >= 0.3 is 0 Å². The molecule has 0 unspecified atom stereocenters. The summed E-state index contributed by atoms with van der Waals surface area (Å²) in [4.78, 5) is 14.2. The van der Waals surface area contributed by atoms with Crippen LogP contribution in [0.1, 0.15) is 42.5 Å². The van der Waals surface area contributed by atoms with Crippen LogP contribution in [0, 0.1) is 6.92 Å². The molecule has 0 bridgehead atoms. The summed E-state index contributed by atoms with van der Waals surface area (Å²) in [5, 5.41) is 0. The van der Waals surface area contributed by atoms with Gasteiger partial charge in [0.25, 0.3) is 5.91 Å². The summed E-state index contributed by atoms with van der Waals surface area (Å²) in [6.45, 7) is 4.59. The second-order valence-corrected chi connectivity index (χ2v) is 4.83. The monoisotopic (exact) mass is 236 g/mol. The maximum atomic E-state index is 12.3. The highest BCUT2D eigenvalue weighted by Crippen LogP contribution is 2.22. The van der Waals surface area contributed by atoms with Gasteiger partial charge in [-0.05, 0) is 45.2 Å². The van der Waals surface area contributed by atoms with E-state index in [9.17, 15) is 4.79 Å². The number of carbonyl (C=O) groups is 1. The van der Waals surface area contributed by atoms with Crippen LogP contribution in [0.5, 0.6) is 0 Å². The lowest BCUT2D eigenvalue weighted by molar-refractivity contribution is 0.0550. The highest BCUT2D eigenvalue weighted by molar-refractivity contribution is 5.91. The Labute approximate surface area is 102 Å². The van der Waals surface area contributed by atoms with Crippen LogP contribution < -0.4 is 5.73 Å². The highest BCUT2D eigenvalue weighted by Gasteiger charge is 2.31. The third-order valence-electron chi connectivity index (χ3n) is 3.37. The summed E-state index contributed by atoms with van der Waals surface area (Å²) in [5.74, 6) is 1.16. The number of hydrogen-bond donors (Lipinski definition) is 1. The molecule has 2 rings (SSSR count). The molecular formula is C13H20N2O2. The Balaban J connectivity index is 2.16. The van der Waals surface area contributed by atoms with Crippen LogP contribution >= 0.6 is 0 Å². The second-order valence-electron chi connectivity index (χ2n) is 4.83. The number of rotatable bonds is 2. The van der Waals surface area contributed by atoms with Gasteiger partial charge in [-0.1, -0.05) is 0 Å². The average Bonchev–Trinajstić information content (AvgIpc) is 2.75. The predicted molar refractivity (Wildman–Crippen MR) is 65.8 cm³/mol. The Hall–Kier alpha value is -1.29. The van der Waals surface area contributed by atoms with Crippen molar-refractivity contribution in [3.8, 4) is 0 Å². The summed E-state index contributed by atoms with van der Waals surface area (Å²) in [5.41, 5.74) is 5.95. The molecule has 17 heavy (non-hydrogen) atoms. The van der Waals surface area contributed by atoms with Gasteiger partial charge in [0, 0.05) is 18.6 Å².